The summed E-state index contributed by atoms with van der Waals surface area (Å²) >= 11 is 9.29. The fourth-order valence-corrected chi connectivity index (χ4v) is 2.11. The summed E-state index contributed by atoms with van der Waals surface area (Å²) in [6, 6.07) is 11.6. The van der Waals surface area contributed by atoms with Crippen LogP contribution in [0, 0.1) is 0 Å². The van der Waals surface area contributed by atoms with Crippen LogP contribution in [0.15, 0.2) is 40.9 Å². The number of halogens is 2. The Morgan fingerprint density at radius 1 is 1.06 bits per heavy atom. The van der Waals surface area contributed by atoms with Gasteiger partial charge in [0.2, 0.25) is 0 Å². The van der Waals surface area contributed by atoms with Crippen LogP contribution in [0.4, 0.5) is 0 Å². The Morgan fingerprint density at radius 2 is 1.83 bits per heavy atom. The maximum Gasteiger partial charge on any atom is 0.178 e. The van der Waals surface area contributed by atoms with Gasteiger partial charge >= 0.3 is 0 Å². The molecule has 0 saturated carbocycles. The number of benzene rings is 1. The maximum absolute atomic E-state index is 5.88. The standard InChI is InChI=1S/C12H8BrClN4/c13-9-3-1-8(2-4-9)7-12-16-15-11-6-5-10(14)17-18(11)12/h1-6H,7H2. The molecule has 2 aromatic heterocycles. The minimum absolute atomic E-state index is 0.430. The molecule has 0 aliphatic heterocycles. The molecule has 3 aromatic rings. The average molecular weight is 324 g/mol. The number of rotatable bonds is 2. The molecule has 0 spiro atoms. The largest absolute Gasteiger partial charge is 0.196 e. The topological polar surface area (TPSA) is 43.1 Å². The lowest BCUT2D eigenvalue weighted by Crippen LogP contribution is -2.00. The molecule has 3 rings (SSSR count). The Morgan fingerprint density at radius 3 is 2.61 bits per heavy atom. The molecule has 4 nitrogen and oxygen atoms in total. The van der Waals surface area contributed by atoms with Gasteiger partial charge < -0.3 is 0 Å². The predicted molar refractivity (Wildman–Crippen MR) is 72.7 cm³/mol. The second-order valence-electron chi connectivity index (χ2n) is 3.85. The molecule has 0 aliphatic carbocycles. The van der Waals surface area contributed by atoms with Gasteiger partial charge in [-0.15, -0.1) is 10.2 Å². The molecule has 90 valence electrons. The minimum atomic E-state index is 0.430. The van der Waals surface area contributed by atoms with E-state index in [-0.39, 0.29) is 0 Å². The van der Waals surface area contributed by atoms with Gasteiger partial charge in [-0.25, -0.2) is 0 Å². The van der Waals surface area contributed by atoms with Gasteiger partial charge in [0, 0.05) is 10.9 Å². The van der Waals surface area contributed by atoms with Crippen molar-refractivity contribution in [3.63, 3.8) is 0 Å². The summed E-state index contributed by atoms with van der Waals surface area (Å²) in [6.45, 7) is 0. The third-order valence-corrected chi connectivity index (χ3v) is 3.30. The molecule has 0 N–H and O–H groups in total. The van der Waals surface area contributed by atoms with Crippen LogP contribution in [0.1, 0.15) is 11.4 Å². The summed E-state index contributed by atoms with van der Waals surface area (Å²) in [4.78, 5) is 0. The van der Waals surface area contributed by atoms with Crippen molar-refractivity contribution in [2.24, 2.45) is 0 Å². The van der Waals surface area contributed by atoms with Crippen molar-refractivity contribution < 1.29 is 0 Å². The fraction of sp³-hybridized carbons (Fsp3) is 0.0833. The average Bonchev–Trinajstić information content (AvgIpc) is 2.75. The maximum atomic E-state index is 5.88. The van der Waals surface area contributed by atoms with E-state index in [1.54, 1.807) is 16.6 Å². The number of nitrogens with zero attached hydrogens (tertiary/aromatic N) is 4. The predicted octanol–water partition coefficient (Wildman–Crippen LogP) is 3.13. The van der Waals surface area contributed by atoms with Gasteiger partial charge in [0.1, 0.15) is 5.15 Å². The van der Waals surface area contributed by atoms with E-state index < -0.39 is 0 Å². The molecule has 0 bridgehead atoms. The normalized spacial score (nSPS) is 11.0. The first kappa shape index (κ1) is 11.6. The van der Waals surface area contributed by atoms with Gasteiger partial charge in [0.25, 0.3) is 0 Å². The molecule has 1 aromatic carbocycles. The van der Waals surface area contributed by atoms with Gasteiger partial charge in [-0.05, 0) is 29.8 Å². The Bertz CT molecular complexity index is 693. The highest BCUT2D eigenvalue weighted by Crippen LogP contribution is 2.14. The Hall–Kier alpha value is -1.46. The van der Waals surface area contributed by atoms with Crippen molar-refractivity contribution in [1.82, 2.24) is 19.8 Å². The fourth-order valence-electron chi connectivity index (χ4n) is 1.71. The summed E-state index contributed by atoms with van der Waals surface area (Å²) in [5, 5.41) is 12.8. The first-order valence-corrected chi connectivity index (χ1v) is 6.51. The highest BCUT2D eigenvalue weighted by atomic mass is 79.9. The van der Waals surface area contributed by atoms with E-state index in [2.05, 4.69) is 31.2 Å². The second-order valence-corrected chi connectivity index (χ2v) is 5.15. The summed E-state index contributed by atoms with van der Waals surface area (Å²) in [6.07, 6.45) is 0.668. The molecule has 0 amide bonds. The molecule has 0 fully saturated rings. The number of fused-ring (bicyclic) bond motifs is 1. The van der Waals surface area contributed by atoms with Crippen LogP contribution in [-0.4, -0.2) is 19.8 Å². The Labute approximate surface area is 117 Å². The van der Waals surface area contributed by atoms with Crippen molar-refractivity contribution >= 4 is 33.2 Å². The molecule has 0 saturated heterocycles. The molecule has 2 heterocycles. The Kier molecular flexibility index (Phi) is 3.01. The number of aromatic nitrogens is 4. The molecule has 0 aliphatic rings. The van der Waals surface area contributed by atoms with Crippen molar-refractivity contribution in [3.8, 4) is 0 Å². The van der Waals surface area contributed by atoms with E-state index >= 15 is 0 Å². The van der Waals surface area contributed by atoms with E-state index in [4.69, 9.17) is 11.6 Å². The van der Waals surface area contributed by atoms with Gasteiger partial charge in [-0.3, -0.25) is 0 Å². The van der Waals surface area contributed by atoms with E-state index in [0.717, 1.165) is 15.9 Å². The van der Waals surface area contributed by atoms with Crippen molar-refractivity contribution in [2.75, 3.05) is 0 Å². The van der Waals surface area contributed by atoms with E-state index in [1.807, 2.05) is 24.3 Å². The van der Waals surface area contributed by atoms with Crippen LogP contribution in [0.2, 0.25) is 5.15 Å². The van der Waals surface area contributed by atoms with E-state index in [1.165, 1.54) is 0 Å². The van der Waals surface area contributed by atoms with Crippen LogP contribution in [0.25, 0.3) is 5.65 Å². The summed E-state index contributed by atoms with van der Waals surface area (Å²) in [7, 11) is 0. The first-order valence-electron chi connectivity index (χ1n) is 5.34. The lowest BCUT2D eigenvalue weighted by Gasteiger charge is -2.00. The Balaban J connectivity index is 1.99. The summed E-state index contributed by atoms with van der Waals surface area (Å²) in [5.74, 6) is 0.773. The van der Waals surface area contributed by atoms with E-state index in [0.29, 0.717) is 17.2 Å². The highest BCUT2D eigenvalue weighted by Gasteiger charge is 2.07. The van der Waals surface area contributed by atoms with Crippen LogP contribution >= 0.6 is 27.5 Å². The number of hydrogen-bond acceptors (Lipinski definition) is 3. The van der Waals surface area contributed by atoms with Crippen LogP contribution < -0.4 is 0 Å². The lowest BCUT2D eigenvalue weighted by molar-refractivity contribution is 0.838. The van der Waals surface area contributed by atoms with Crippen LogP contribution in [0.3, 0.4) is 0 Å². The monoisotopic (exact) mass is 322 g/mol. The smallest absolute Gasteiger partial charge is 0.178 e. The summed E-state index contributed by atoms with van der Waals surface area (Å²) in [5.41, 5.74) is 1.85. The highest BCUT2D eigenvalue weighted by molar-refractivity contribution is 9.10. The quantitative estimate of drug-likeness (QED) is 0.727. The molecule has 0 unspecified atom stereocenters. The van der Waals surface area contributed by atoms with E-state index in [9.17, 15) is 0 Å². The van der Waals surface area contributed by atoms with Gasteiger partial charge in [-0.2, -0.15) is 9.61 Å². The third-order valence-electron chi connectivity index (χ3n) is 2.57. The zero-order chi connectivity index (χ0) is 12.5. The zero-order valence-corrected chi connectivity index (χ0v) is 11.6. The third kappa shape index (κ3) is 2.23. The van der Waals surface area contributed by atoms with Crippen molar-refractivity contribution in [3.05, 3.63) is 57.4 Å². The van der Waals surface area contributed by atoms with Gasteiger partial charge in [0.05, 0.1) is 0 Å². The molecular weight excluding hydrogens is 316 g/mol. The molecule has 6 heteroatoms. The van der Waals surface area contributed by atoms with Crippen molar-refractivity contribution in [1.29, 1.82) is 0 Å². The molecular formula is C12H8BrClN4. The molecule has 0 radical (unpaired) electrons. The second kappa shape index (κ2) is 4.66. The van der Waals surface area contributed by atoms with Gasteiger partial charge in [0.15, 0.2) is 11.5 Å². The zero-order valence-electron chi connectivity index (χ0n) is 9.22. The first-order chi connectivity index (χ1) is 8.72. The van der Waals surface area contributed by atoms with Crippen molar-refractivity contribution in [2.45, 2.75) is 6.42 Å². The molecule has 0 atom stereocenters. The van der Waals surface area contributed by atoms with Gasteiger partial charge in [-0.1, -0.05) is 39.7 Å². The lowest BCUT2D eigenvalue weighted by atomic mass is 10.1. The van der Waals surface area contributed by atoms with Crippen LogP contribution in [-0.2, 0) is 6.42 Å². The molecule has 18 heavy (non-hydrogen) atoms. The SMILES string of the molecule is Clc1ccc2nnc(Cc3ccc(Br)cc3)n2n1. The summed E-state index contributed by atoms with van der Waals surface area (Å²) < 4.78 is 2.73. The minimum Gasteiger partial charge on any atom is -0.196 e. The van der Waals surface area contributed by atoms with Crippen LogP contribution in [0.5, 0.6) is 0 Å². The number of hydrogen-bond donors (Lipinski definition) is 0.